The Bertz CT molecular complexity index is 1140. The third kappa shape index (κ3) is 3.70. The maximum Gasteiger partial charge on any atom is 0.271 e. The van der Waals surface area contributed by atoms with Crippen molar-refractivity contribution in [3.05, 3.63) is 75.6 Å². The van der Waals surface area contributed by atoms with Crippen molar-refractivity contribution in [3.8, 4) is 0 Å². The number of nitrogens with zero attached hydrogens (tertiary/aromatic N) is 2. The standard InChI is InChI=1S/C22H18FN3O5/c1-12-2-8-16-17(10-12)22(29)25(21(16)28)14-5-3-13(4-6-14)20(27)24-19-11-15(26(30)31)7-9-18(19)23/h2-7,9,11,16-17H,8,10H2,1H3,(H,24,27)/t16-,17+/m1/s1. The molecule has 3 amide bonds. The highest BCUT2D eigenvalue weighted by Gasteiger charge is 2.48. The van der Waals surface area contributed by atoms with Crippen LogP contribution in [-0.2, 0) is 9.59 Å². The monoisotopic (exact) mass is 423 g/mol. The molecule has 0 radical (unpaired) electrons. The summed E-state index contributed by atoms with van der Waals surface area (Å²) < 4.78 is 13.9. The number of allylic oxidation sites excluding steroid dienone is 2. The molecule has 1 saturated heterocycles. The molecule has 1 fully saturated rings. The summed E-state index contributed by atoms with van der Waals surface area (Å²) in [5, 5.41) is 13.2. The molecule has 0 bridgehead atoms. The number of nitrogens with one attached hydrogen (secondary N) is 1. The average Bonchev–Trinajstić information content (AvgIpc) is 2.99. The van der Waals surface area contributed by atoms with Crippen LogP contribution < -0.4 is 10.2 Å². The van der Waals surface area contributed by atoms with E-state index >= 15 is 0 Å². The van der Waals surface area contributed by atoms with E-state index in [-0.39, 0.29) is 40.6 Å². The summed E-state index contributed by atoms with van der Waals surface area (Å²) in [5.74, 6) is -2.73. The van der Waals surface area contributed by atoms with Crippen LogP contribution in [0.2, 0.25) is 0 Å². The number of nitro benzene ring substituents is 1. The van der Waals surface area contributed by atoms with Crippen molar-refractivity contribution in [1.29, 1.82) is 0 Å². The first-order valence-electron chi connectivity index (χ1n) is 9.65. The molecule has 0 saturated carbocycles. The molecule has 31 heavy (non-hydrogen) atoms. The second kappa shape index (κ2) is 7.75. The Morgan fingerprint density at radius 2 is 1.81 bits per heavy atom. The Morgan fingerprint density at radius 1 is 1.13 bits per heavy atom. The number of non-ortho nitro benzene ring substituents is 1. The number of carbonyl (C=O) groups excluding carboxylic acids is 3. The lowest BCUT2D eigenvalue weighted by Crippen LogP contribution is -2.30. The predicted molar refractivity (Wildman–Crippen MR) is 110 cm³/mol. The Kier molecular flexibility index (Phi) is 5.10. The number of benzene rings is 2. The van der Waals surface area contributed by atoms with Gasteiger partial charge in [-0.1, -0.05) is 11.6 Å². The average molecular weight is 423 g/mol. The lowest BCUT2D eigenvalue weighted by molar-refractivity contribution is -0.384. The highest BCUT2D eigenvalue weighted by molar-refractivity contribution is 6.22. The fourth-order valence-corrected chi connectivity index (χ4v) is 3.97. The molecule has 2 aromatic rings. The molecule has 1 aliphatic carbocycles. The van der Waals surface area contributed by atoms with Crippen LogP contribution in [0.1, 0.15) is 30.1 Å². The number of hydrogen-bond donors (Lipinski definition) is 1. The van der Waals surface area contributed by atoms with E-state index in [0.29, 0.717) is 18.5 Å². The van der Waals surface area contributed by atoms with Gasteiger partial charge in [0.25, 0.3) is 11.6 Å². The van der Waals surface area contributed by atoms with Gasteiger partial charge in [0, 0.05) is 17.7 Å². The quantitative estimate of drug-likeness (QED) is 0.348. The highest BCUT2D eigenvalue weighted by Crippen LogP contribution is 2.39. The van der Waals surface area contributed by atoms with Crippen LogP contribution in [0.5, 0.6) is 0 Å². The predicted octanol–water partition coefficient (Wildman–Crippen LogP) is 3.83. The maximum absolute atomic E-state index is 13.9. The van der Waals surface area contributed by atoms with Crippen molar-refractivity contribution >= 4 is 34.8 Å². The molecule has 158 valence electrons. The van der Waals surface area contributed by atoms with E-state index in [1.165, 1.54) is 24.3 Å². The van der Waals surface area contributed by atoms with E-state index in [0.717, 1.165) is 28.7 Å². The fourth-order valence-electron chi connectivity index (χ4n) is 3.97. The van der Waals surface area contributed by atoms with Crippen LogP contribution in [-0.4, -0.2) is 22.6 Å². The number of rotatable bonds is 4. The Morgan fingerprint density at radius 3 is 2.48 bits per heavy atom. The summed E-state index contributed by atoms with van der Waals surface area (Å²) in [6.07, 6.45) is 3.07. The van der Waals surface area contributed by atoms with Gasteiger partial charge in [0.05, 0.1) is 28.1 Å². The first-order chi connectivity index (χ1) is 14.8. The minimum absolute atomic E-state index is 0.142. The summed E-state index contributed by atoms with van der Waals surface area (Å²) in [7, 11) is 0. The van der Waals surface area contributed by atoms with E-state index in [2.05, 4.69) is 5.32 Å². The summed E-state index contributed by atoms with van der Waals surface area (Å²) in [6, 6.07) is 8.60. The van der Waals surface area contributed by atoms with Crippen molar-refractivity contribution in [2.75, 3.05) is 10.2 Å². The van der Waals surface area contributed by atoms with Crippen LogP contribution in [0.3, 0.4) is 0 Å². The van der Waals surface area contributed by atoms with Gasteiger partial charge < -0.3 is 5.32 Å². The molecule has 0 aromatic heterocycles. The number of amides is 3. The molecule has 4 rings (SSSR count). The first kappa shape index (κ1) is 20.4. The third-order valence-corrected chi connectivity index (χ3v) is 5.62. The molecule has 2 aromatic carbocycles. The Balaban J connectivity index is 1.52. The molecule has 1 aliphatic heterocycles. The molecular formula is C22H18FN3O5. The molecule has 1 heterocycles. The second-order valence-corrected chi connectivity index (χ2v) is 7.64. The number of nitro groups is 1. The number of hydrogen-bond acceptors (Lipinski definition) is 5. The van der Waals surface area contributed by atoms with E-state index in [4.69, 9.17) is 0 Å². The zero-order valence-electron chi connectivity index (χ0n) is 16.5. The molecule has 0 spiro atoms. The fraction of sp³-hybridized carbons (Fsp3) is 0.227. The molecule has 9 heteroatoms. The van der Waals surface area contributed by atoms with Crippen LogP contribution in [0.15, 0.2) is 54.1 Å². The van der Waals surface area contributed by atoms with Gasteiger partial charge in [-0.3, -0.25) is 29.4 Å². The van der Waals surface area contributed by atoms with Crippen LogP contribution >= 0.6 is 0 Å². The zero-order chi connectivity index (χ0) is 22.3. The molecule has 2 atom stereocenters. The molecule has 0 unspecified atom stereocenters. The minimum atomic E-state index is -0.810. The van der Waals surface area contributed by atoms with Gasteiger partial charge in [0.1, 0.15) is 5.82 Å². The number of halogens is 1. The van der Waals surface area contributed by atoms with Crippen molar-refractivity contribution in [1.82, 2.24) is 0 Å². The van der Waals surface area contributed by atoms with E-state index in [1.54, 1.807) is 0 Å². The van der Waals surface area contributed by atoms with Gasteiger partial charge in [0.2, 0.25) is 11.8 Å². The van der Waals surface area contributed by atoms with Gasteiger partial charge in [-0.2, -0.15) is 0 Å². The van der Waals surface area contributed by atoms with Crippen molar-refractivity contribution in [2.24, 2.45) is 11.8 Å². The minimum Gasteiger partial charge on any atom is -0.319 e. The van der Waals surface area contributed by atoms with Crippen LogP contribution in [0, 0.1) is 27.8 Å². The highest BCUT2D eigenvalue weighted by atomic mass is 19.1. The summed E-state index contributed by atoms with van der Waals surface area (Å²) in [5.41, 5.74) is 0.915. The van der Waals surface area contributed by atoms with Crippen molar-refractivity contribution < 1.29 is 23.7 Å². The first-order valence-corrected chi connectivity index (χ1v) is 9.65. The summed E-state index contributed by atoms with van der Waals surface area (Å²) >= 11 is 0. The van der Waals surface area contributed by atoms with Gasteiger partial charge in [-0.05, 0) is 50.1 Å². The van der Waals surface area contributed by atoms with Crippen LogP contribution in [0.25, 0.3) is 0 Å². The molecule has 8 nitrogen and oxygen atoms in total. The second-order valence-electron chi connectivity index (χ2n) is 7.64. The molecule has 1 N–H and O–H groups in total. The Hall–Kier alpha value is -3.88. The van der Waals surface area contributed by atoms with Gasteiger partial charge in [0.15, 0.2) is 0 Å². The van der Waals surface area contributed by atoms with Crippen molar-refractivity contribution in [2.45, 2.75) is 19.8 Å². The molecular weight excluding hydrogens is 405 g/mol. The number of fused-ring (bicyclic) bond motifs is 1. The lowest BCUT2D eigenvalue weighted by atomic mass is 9.82. The van der Waals surface area contributed by atoms with Crippen LogP contribution in [0.4, 0.5) is 21.5 Å². The van der Waals surface area contributed by atoms with Gasteiger partial charge >= 0.3 is 0 Å². The summed E-state index contributed by atoms with van der Waals surface area (Å²) in [4.78, 5) is 49.3. The summed E-state index contributed by atoms with van der Waals surface area (Å²) in [6.45, 7) is 1.94. The maximum atomic E-state index is 13.9. The largest absolute Gasteiger partial charge is 0.319 e. The molecule has 2 aliphatic rings. The van der Waals surface area contributed by atoms with E-state index in [9.17, 15) is 28.9 Å². The normalized spacial score (nSPS) is 20.3. The third-order valence-electron chi connectivity index (χ3n) is 5.62. The number of imide groups is 1. The SMILES string of the molecule is CC1=CC[C@H]2C(=O)N(c3ccc(C(=O)Nc4cc([N+](=O)[O-])ccc4F)cc3)C(=O)[C@H]2C1. The van der Waals surface area contributed by atoms with E-state index < -0.39 is 16.6 Å². The zero-order valence-corrected chi connectivity index (χ0v) is 16.5. The van der Waals surface area contributed by atoms with Crippen molar-refractivity contribution in [3.63, 3.8) is 0 Å². The smallest absolute Gasteiger partial charge is 0.271 e. The lowest BCUT2D eigenvalue weighted by Gasteiger charge is -2.18. The number of anilines is 2. The number of carbonyl (C=O) groups is 3. The Labute approximate surface area is 176 Å². The van der Waals surface area contributed by atoms with Gasteiger partial charge in [-0.15, -0.1) is 0 Å². The topological polar surface area (TPSA) is 110 Å². The van der Waals surface area contributed by atoms with Gasteiger partial charge in [-0.25, -0.2) is 4.39 Å². The van der Waals surface area contributed by atoms with E-state index in [1.807, 2.05) is 13.0 Å².